The van der Waals surface area contributed by atoms with Crippen molar-refractivity contribution in [2.45, 2.75) is 0 Å². The number of halogens is 1. The highest BCUT2D eigenvalue weighted by atomic mass is 19.1. The third kappa shape index (κ3) is 2.53. The van der Waals surface area contributed by atoms with Crippen LogP contribution in [0.15, 0.2) is 54.7 Å². The summed E-state index contributed by atoms with van der Waals surface area (Å²) in [6.45, 7) is 0. The van der Waals surface area contributed by atoms with Crippen LogP contribution in [-0.4, -0.2) is 10.9 Å². The second kappa shape index (κ2) is 5.20. The summed E-state index contributed by atoms with van der Waals surface area (Å²) in [5, 5.41) is 4.14. The molecule has 104 valence electrons. The number of nitrogens with zero attached hydrogens (tertiary/aromatic N) is 1. The molecule has 1 aromatic heterocycles. The van der Waals surface area contributed by atoms with E-state index in [-0.39, 0.29) is 17.4 Å². The van der Waals surface area contributed by atoms with Gasteiger partial charge in [0, 0.05) is 28.3 Å². The maximum atomic E-state index is 12.9. The molecule has 2 aromatic carbocycles. The summed E-state index contributed by atoms with van der Waals surface area (Å²) >= 11 is 0. The van der Waals surface area contributed by atoms with E-state index in [0.717, 1.165) is 5.39 Å². The highest BCUT2D eigenvalue weighted by Gasteiger charge is 2.12. The summed E-state index contributed by atoms with van der Waals surface area (Å²) in [7, 11) is 0. The number of carbonyl (C=O) groups is 1. The van der Waals surface area contributed by atoms with Gasteiger partial charge in [-0.15, -0.1) is 0 Å². The molecule has 5 heteroatoms. The third-order valence-electron chi connectivity index (χ3n) is 3.16. The molecule has 0 bridgehead atoms. The smallest absolute Gasteiger partial charge is 0.274 e. The molecule has 3 aromatic rings. The zero-order chi connectivity index (χ0) is 14.8. The first-order valence-corrected chi connectivity index (χ1v) is 6.35. The lowest BCUT2D eigenvalue weighted by Gasteiger charge is -2.08. The fourth-order valence-electron chi connectivity index (χ4n) is 2.14. The molecule has 0 unspecified atom stereocenters. The quantitative estimate of drug-likeness (QED) is 0.709. The van der Waals surface area contributed by atoms with E-state index in [1.54, 1.807) is 24.3 Å². The Balaban J connectivity index is 1.98. The van der Waals surface area contributed by atoms with Crippen molar-refractivity contribution in [1.29, 1.82) is 0 Å². The number of pyridine rings is 1. The molecular formula is C16H12FN3O. The molecule has 0 aliphatic rings. The predicted molar refractivity (Wildman–Crippen MR) is 80.5 cm³/mol. The van der Waals surface area contributed by atoms with Crippen molar-refractivity contribution in [3.63, 3.8) is 0 Å². The minimum Gasteiger partial charge on any atom is -0.398 e. The van der Waals surface area contributed by atoms with Crippen LogP contribution in [0.1, 0.15) is 10.5 Å². The second-order valence-corrected chi connectivity index (χ2v) is 4.56. The van der Waals surface area contributed by atoms with E-state index >= 15 is 0 Å². The van der Waals surface area contributed by atoms with Crippen molar-refractivity contribution >= 4 is 28.1 Å². The van der Waals surface area contributed by atoms with Gasteiger partial charge >= 0.3 is 0 Å². The van der Waals surface area contributed by atoms with Gasteiger partial charge in [-0.3, -0.25) is 9.78 Å². The monoisotopic (exact) mass is 281 g/mol. The number of hydrogen-bond donors (Lipinski definition) is 2. The fraction of sp³-hybridized carbons (Fsp3) is 0. The zero-order valence-corrected chi connectivity index (χ0v) is 11.0. The van der Waals surface area contributed by atoms with Crippen molar-refractivity contribution in [2.24, 2.45) is 0 Å². The Morgan fingerprint density at radius 2 is 1.81 bits per heavy atom. The highest BCUT2D eigenvalue weighted by molar-refractivity contribution is 6.12. The molecule has 3 rings (SSSR count). The molecule has 0 saturated heterocycles. The van der Waals surface area contributed by atoms with Gasteiger partial charge in [-0.05, 0) is 36.4 Å². The molecule has 1 amide bonds. The number of carbonyl (C=O) groups excluding carboxylic acids is 1. The van der Waals surface area contributed by atoms with Gasteiger partial charge < -0.3 is 11.1 Å². The Kier molecular flexibility index (Phi) is 3.23. The van der Waals surface area contributed by atoms with Crippen LogP contribution in [0, 0.1) is 5.82 Å². The lowest BCUT2D eigenvalue weighted by atomic mass is 10.1. The summed E-state index contributed by atoms with van der Waals surface area (Å²) in [4.78, 5) is 16.4. The topological polar surface area (TPSA) is 68.0 Å². The van der Waals surface area contributed by atoms with Gasteiger partial charge in [0.1, 0.15) is 11.5 Å². The average Bonchev–Trinajstić information content (AvgIpc) is 2.49. The zero-order valence-electron chi connectivity index (χ0n) is 11.0. The number of hydrogen-bond acceptors (Lipinski definition) is 3. The molecule has 0 radical (unpaired) electrons. The molecule has 3 N–H and O–H groups in total. The van der Waals surface area contributed by atoms with Crippen LogP contribution < -0.4 is 11.1 Å². The lowest BCUT2D eigenvalue weighted by molar-refractivity contribution is 0.102. The number of fused-ring (bicyclic) bond motifs is 1. The van der Waals surface area contributed by atoms with E-state index < -0.39 is 0 Å². The molecule has 21 heavy (non-hydrogen) atoms. The van der Waals surface area contributed by atoms with Gasteiger partial charge in [0.05, 0.1) is 0 Å². The number of benzene rings is 2. The van der Waals surface area contributed by atoms with Crippen LogP contribution in [0.5, 0.6) is 0 Å². The lowest BCUT2D eigenvalue weighted by Crippen LogP contribution is -2.14. The Bertz CT molecular complexity index is 815. The summed E-state index contributed by atoms with van der Waals surface area (Å²) in [5.41, 5.74) is 7.27. The number of nitrogens with one attached hydrogen (secondary N) is 1. The van der Waals surface area contributed by atoms with E-state index in [1.807, 2.05) is 0 Å². The molecule has 0 aliphatic heterocycles. The standard InChI is InChI=1S/C16H12FN3O/c17-10-4-6-11(7-5-10)20-16(21)15-13-2-1-3-14(18)12(13)8-9-19-15/h1-9H,18H2,(H,20,21). The van der Waals surface area contributed by atoms with Gasteiger partial charge in [-0.25, -0.2) is 4.39 Å². The van der Waals surface area contributed by atoms with Crippen LogP contribution in [0.3, 0.4) is 0 Å². The van der Waals surface area contributed by atoms with E-state index in [2.05, 4.69) is 10.3 Å². The highest BCUT2D eigenvalue weighted by Crippen LogP contribution is 2.23. The maximum Gasteiger partial charge on any atom is 0.274 e. The molecule has 1 heterocycles. The number of nitrogens with two attached hydrogens (primary N) is 1. The van der Waals surface area contributed by atoms with Crippen molar-refractivity contribution in [2.75, 3.05) is 11.1 Å². The van der Waals surface area contributed by atoms with Gasteiger partial charge in [-0.1, -0.05) is 12.1 Å². The molecule has 0 fully saturated rings. The van der Waals surface area contributed by atoms with Gasteiger partial charge in [0.2, 0.25) is 0 Å². The van der Waals surface area contributed by atoms with Crippen LogP contribution >= 0.6 is 0 Å². The summed E-state index contributed by atoms with van der Waals surface area (Å²) in [6, 6.07) is 12.6. The number of anilines is 2. The molecular weight excluding hydrogens is 269 g/mol. The minimum absolute atomic E-state index is 0.282. The van der Waals surface area contributed by atoms with Crippen LogP contribution in [-0.2, 0) is 0 Å². The minimum atomic E-state index is -0.363. The SMILES string of the molecule is Nc1cccc2c(C(=O)Nc3ccc(F)cc3)nccc12. The van der Waals surface area contributed by atoms with Crippen LogP contribution in [0.4, 0.5) is 15.8 Å². The molecule has 0 spiro atoms. The van der Waals surface area contributed by atoms with Gasteiger partial charge in [0.15, 0.2) is 0 Å². The Morgan fingerprint density at radius 1 is 1.05 bits per heavy atom. The van der Waals surface area contributed by atoms with E-state index in [1.165, 1.54) is 30.5 Å². The van der Waals surface area contributed by atoms with Crippen LogP contribution in [0.2, 0.25) is 0 Å². The Morgan fingerprint density at radius 3 is 2.57 bits per heavy atom. The summed E-state index contributed by atoms with van der Waals surface area (Å²) < 4.78 is 12.9. The largest absolute Gasteiger partial charge is 0.398 e. The number of nitrogen functional groups attached to an aromatic ring is 1. The Hall–Kier alpha value is -2.95. The molecule has 0 saturated carbocycles. The van der Waals surface area contributed by atoms with Gasteiger partial charge in [-0.2, -0.15) is 0 Å². The van der Waals surface area contributed by atoms with Gasteiger partial charge in [0.25, 0.3) is 5.91 Å². The summed E-state index contributed by atoms with van der Waals surface area (Å²) in [6.07, 6.45) is 1.54. The molecule has 4 nitrogen and oxygen atoms in total. The van der Waals surface area contributed by atoms with E-state index in [0.29, 0.717) is 16.8 Å². The molecule has 0 atom stereocenters. The van der Waals surface area contributed by atoms with E-state index in [9.17, 15) is 9.18 Å². The van der Waals surface area contributed by atoms with Crippen molar-refractivity contribution < 1.29 is 9.18 Å². The predicted octanol–water partition coefficient (Wildman–Crippen LogP) is 3.21. The molecule has 0 aliphatic carbocycles. The second-order valence-electron chi connectivity index (χ2n) is 4.56. The number of amides is 1. The normalized spacial score (nSPS) is 10.5. The van der Waals surface area contributed by atoms with E-state index in [4.69, 9.17) is 5.73 Å². The van der Waals surface area contributed by atoms with Crippen LogP contribution in [0.25, 0.3) is 10.8 Å². The Labute approximate surface area is 120 Å². The van der Waals surface area contributed by atoms with Crippen molar-refractivity contribution in [3.05, 3.63) is 66.2 Å². The summed E-state index contributed by atoms with van der Waals surface area (Å²) in [5.74, 6) is -0.720. The first-order chi connectivity index (χ1) is 10.1. The first-order valence-electron chi connectivity index (χ1n) is 6.35. The third-order valence-corrected chi connectivity index (χ3v) is 3.16. The number of rotatable bonds is 2. The van der Waals surface area contributed by atoms with Crippen molar-refractivity contribution in [1.82, 2.24) is 4.98 Å². The number of aromatic nitrogens is 1. The van der Waals surface area contributed by atoms with Crippen molar-refractivity contribution in [3.8, 4) is 0 Å². The average molecular weight is 281 g/mol. The first kappa shape index (κ1) is 13.1. The fourth-order valence-corrected chi connectivity index (χ4v) is 2.14. The maximum absolute atomic E-state index is 12.9.